The summed E-state index contributed by atoms with van der Waals surface area (Å²) in [6.45, 7) is 2.41. The van der Waals surface area contributed by atoms with Crippen LogP contribution in [0.5, 0.6) is 0 Å². The van der Waals surface area contributed by atoms with Gasteiger partial charge >= 0.3 is 0 Å². The van der Waals surface area contributed by atoms with Crippen molar-refractivity contribution in [2.24, 2.45) is 0 Å². The number of sulfonamides is 1. The van der Waals surface area contributed by atoms with Gasteiger partial charge in [-0.25, -0.2) is 9.11 Å². The van der Waals surface area contributed by atoms with Crippen molar-refractivity contribution in [2.75, 3.05) is 31.2 Å². The molecule has 3 rings (SSSR count). The fourth-order valence-electron chi connectivity index (χ4n) is 2.25. The summed E-state index contributed by atoms with van der Waals surface area (Å²) in [5.41, 5.74) is 0.0165. The third-order valence-corrected chi connectivity index (χ3v) is 4.79. The highest BCUT2D eigenvalue weighted by Gasteiger charge is 2.22. The molecule has 132 valence electrons. The minimum absolute atomic E-state index is 0.0165. The zero-order chi connectivity index (χ0) is 17.9. The van der Waals surface area contributed by atoms with E-state index in [4.69, 9.17) is 4.74 Å². The summed E-state index contributed by atoms with van der Waals surface area (Å²) < 4.78 is 44.4. The second kappa shape index (κ2) is 7.11. The number of morpholine rings is 1. The molecule has 1 aromatic heterocycles. The number of halogens is 1. The van der Waals surface area contributed by atoms with Crippen LogP contribution in [-0.2, 0) is 14.8 Å². The number of hydrogen-bond acceptors (Lipinski definition) is 7. The van der Waals surface area contributed by atoms with Crippen molar-refractivity contribution in [1.29, 1.82) is 0 Å². The van der Waals surface area contributed by atoms with Gasteiger partial charge in [0, 0.05) is 18.7 Å². The van der Waals surface area contributed by atoms with Crippen LogP contribution in [0.1, 0.15) is 10.4 Å². The number of benzene rings is 1. The minimum atomic E-state index is -4.18. The van der Waals surface area contributed by atoms with Crippen LogP contribution in [0.2, 0.25) is 0 Å². The number of hydrogen-bond donors (Lipinski definition) is 1. The van der Waals surface area contributed by atoms with Gasteiger partial charge in [-0.05, 0) is 36.4 Å². The lowest BCUT2D eigenvalue weighted by atomic mass is 10.2. The Morgan fingerprint density at radius 3 is 2.36 bits per heavy atom. The van der Waals surface area contributed by atoms with Gasteiger partial charge in [0.05, 0.1) is 13.2 Å². The Kier molecular flexibility index (Phi) is 4.91. The van der Waals surface area contributed by atoms with Crippen LogP contribution in [0.3, 0.4) is 0 Å². The lowest BCUT2D eigenvalue weighted by molar-refractivity contribution is 0.0981. The SMILES string of the molecule is O=C(NS(=O)(=O)c1ccc(N2CCOCC2)nn1)c1ccc(F)cc1. The summed E-state index contributed by atoms with van der Waals surface area (Å²) in [7, 11) is -4.18. The summed E-state index contributed by atoms with van der Waals surface area (Å²) in [6.07, 6.45) is 0. The van der Waals surface area contributed by atoms with E-state index in [1.165, 1.54) is 24.3 Å². The number of anilines is 1. The molecule has 25 heavy (non-hydrogen) atoms. The minimum Gasteiger partial charge on any atom is -0.378 e. The van der Waals surface area contributed by atoms with Gasteiger partial charge in [-0.15, -0.1) is 10.2 Å². The molecule has 1 saturated heterocycles. The molecule has 1 aromatic carbocycles. The van der Waals surface area contributed by atoms with Crippen molar-refractivity contribution in [3.8, 4) is 0 Å². The Labute approximate surface area is 143 Å². The smallest absolute Gasteiger partial charge is 0.283 e. The number of aromatic nitrogens is 2. The molecule has 0 radical (unpaired) electrons. The van der Waals surface area contributed by atoms with Crippen LogP contribution in [-0.4, -0.2) is 50.8 Å². The van der Waals surface area contributed by atoms with Crippen molar-refractivity contribution in [3.63, 3.8) is 0 Å². The highest BCUT2D eigenvalue weighted by molar-refractivity contribution is 7.90. The second-order valence-electron chi connectivity index (χ2n) is 5.27. The third kappa shape index (κ3) is 4.09. The van der Waals surface area contributed by atoms with Crippen molar-refractivity contribution < 1.29 is 22.3 Å². The van der Waals surface area contributed by atoms with E-state index in [1.54, 1.807) is 0 Å². The monoisotopic (exact) mass is 366 g/mol. The molecular weight excluding hydrogens is 351 g/mol. The largest absolute Gasteiger partial charge is 0.378 e. The second-order valence-corrected chi connectivity index (χ2v) is 6.90. The maximum absolute atomic E-state index is 12.9. The Hall–Kier alpha value is -2.59. The maximum atomic E-state index is 12.9. The molecule has 1 fully saturated rings. The quantitative estimate of drug-likeness (QED) is 0.844. The molecule has 0 atom stereocenters. The van der Waals surface area contributed by atoms with E-state index in [0.717, 1.165) is 12.1 Å². The molecule has 10 heteroatoms. The van der Waals surface area contributed by atoms with Crippen molar-refractivity contribution in [2.45, 2.75) is 5.03 Å². The first-order valence-corrected chi connectivity index (χ1v) is 8.93. The number of nitrogens with zero attached hydrogens (tertiary/aromatic N) is 3. The lowest BCUT2D eigenvalue weighted by Gasteiger charge is -2.27. The predicted octanol–water partition coefficient (Wildman–Crippen LogP) is 0.571. The number of carbonyl (C=O) groups is 1. The Balaban J connectivity index is 1.73. The molecule has 2 aromatic rings. The van der Waals surface area contributed by atoms with Gasteiger partial charge in [0.2, 0.25) is 0 Å². The Morgan fingerprint density at radius 1 is 1.08 bits per heavy atom. The number of ether oxygens (including phenoxy) is 1. The zero-order valence-corrected chi connectivity index (χ0v) is 13.9. The molecule has 0 aliphatic carbocycles. The van der Waals surface area contributed by atoms with Gasteiger partial charge in [-0.3, -0.25) is 4.79 Å². The normalized spacial score (nSPS) is 15.0. The highest BCUT2D eigenvalue weighted by Crippen LogP contribution is 2.14. The van der Waals surface area contributed by atoms with E-state index in [2.05, 4.69) is 10.2 Å². The number of nitrogens with one attached hydrogen (secondary N) is 1. The van der Waals surface area contributed by atoms with Crippen LogP contribution < -0.4 is 9.62 Å². The van der Waals surface area contributed by atoms with E-state index in [-0.39, 0.29) is 10.6 Å². The summed E-state index contributed by atoms with van der Waals surface area (Å²) in [5.74, 6) is -0.866. The third-order valence-electron chi connectivity index (χ3n) is 3.57. The van der Waals surface area contributed by atoms with E-state index in [0.29, 0.717) is 32.1 Å². The average Bonchev–Trinajstić information content (AvgIpc) is 2.63. The Morgan fingerprint density at radius 2 is 1.76 bits per heavy atom. The van der Waals surface area contributed by atoms with Crippen LogP contribution >= 0.6 is 0 Å². The van der Waals surface area contributed by atoms with Crippen molar-refractivity contribution >= 4 is 21.7 Å². The van der Waals surface area contributed by atoms with Crippen molar-refractivity contribution in [1.82, 2.24) is 14.9 Å². The van der Waals surface area contributed by atoms with Gasteiger partial charge in [-0.2, -0.15) is 8.42 Å². The molecule has 1 N–H and O–H groups in total. The fraction of sp³-hybridized carbons (Fsp3) is 0.267. The summed E-state index contributed by atoms with van der Waals surface area (Å²) in [6, 6.07) is 7.31. The lowest BCUT2D eigenvalue weighted by Crippen LogP contribution is -2.37. The summed E-state index contributed by atoms with van der Waals surface area (Å²) >= 11 is 0. The molecule has 1 aliphatic rings. The van der Waals surface area contributed by atoms with Crippen LogP contribution in [0, 0.1) is 5.82 Å². The van der Waals surface area contributed by atoms with Gasteiger partial charge in [0.25, 0.3) is 15.9 Å². The number of carbonyl (C=O) groups excluding carboxylic acids is 1. The predicted molar refractivity (Wildman–Crippen MR) is 86.1 cm³/mol. The van der Waals surface area contributed by atoms with Gasteiger partial charge < -0.3 is 9.64 Å². The van der Waals surface area contributed by atoms with Gasteiger partial charge in [0.15, 0.2) is 10.8 Å². The van der Waals surface area contributed by atoms with Crippen LogP contribution in [0.25, 0.3) is 0 Å². The van der Waals surface area contributed by atoms with Gasteiger partial charge in [0.1, 0.15) is 5.82 Å². The molecule has 2 heterocycles. The Bertz CT molecular complexity index is 850. The van der Waals surface area contributed by atoms with Crippen molar-refractivity contribution in [3.05, 3.63) is 47.8 Å². The standard InChI is InChI=1S/C15H15FN4O4S/c16-12-3-1-11(2-4-12)15(21)19-25(22,23)14-6-5-13(17-18-14)20-7-9-24-10-8-20/h1-6H,7-10H2,(H,19,21). The van der Waals surface area contributed by atoms with E-state index < -0.39 is 21.7 Å². The van der Waals surface area contributed by atoms with Crippen LogP contribution in [0.15, 0.2) is 41.4 Å². The van der Waals surface area contributed by atoms with Gasteiger partial charge in [-0.1, -0.05) is 0 Å². The average molecular weight is 366 g/mol. The maximum Gasteiger partial charge on any atom is 0.283 e. The molecule has 1 aliphatic heterocycles. The zero-order valence-electron chi connectivity index (χ0n) is 13.1. The summed E-state index contributed by atoms with van der Waals surface area (Å²) in [5, 5.41) is 7.22. The molecule has 0 bridgehead atoms. The van der Waals surface area contributed by atoms with Crippen LogP contribution in [0.4, 0.5) is 10.2 Å². The molecule has 0 saturated carbocycles. The number of rotatable bonds is 4. The number of amides is 1. The van der Waals surface area contributed by atoms with E-state index in [9.17, 15) is 17.6 Å². The first-order valence-electron chi connectivity index (χ1n) is 7.45. The first-order chi connectivity index (χ1) is 12.0. The molecule has 1 amide bonds. The summed E-state index contributed by atoms with van der Waals surface area (Å²) in [4.78, 5) is 13.9. The van der Waals surface area contributed by atoms with E-state index >= 15 is 0 Å². The highest BCUT2D eigenvalue weighted by atomic mass is 32.2. The van der Waals surface area contributed by atoms with E-state index in [1.807, 2.05) is 9.62 Å². The molecule has 0 unspecified atom stereocenters. The molecule has 8 nitrogen and oxygen atoms in total. The fourth-order valence-corrected chi connectivity index (χ4v) is 3.11. The topological polar surface area (TPSA) is 101 Å². The molecular formula is C15H15FN4O4S. The first kappa shape index (κ1) is 17.2. The molecule has 0 spiro atoms.